The van der Waals surface area contributed by atoms with E-state index in [1.54, 1.807) is 0 Å². The number of nitrogens with zero attached hydrogens (tertiary/aromatic N) is 2. The molecule has 2 N–H and O–H groups in total. The summed E-state index contributed by atoms with van der Waals surface area (Å²) in [6, 6.07) is -0.0184. The molecule has 2 heterocycles. The van der Waals surface area contributed by atoms with Crippen LogP contribution in [-0.2, 0) is 9.59 Å². The second kappa shape index (κ2) is 12.7. The van der Waals surface area contributed by atoms with Crippen LogP contribution < -0.4 is 10.6 Å². The van der Waals surface area contributed by atoms with Gasteiger partial charge in [0.1, 0.15) is 0 Å². The highest BCUT2D eigenvalue weighted by Gasteiger charge is 2.31. The van der Waals surface area contributed by atoms with Gasteiger partial charge in [-0.25, -0.2) is 9.59 Å². The van der Waals surface area contributed by atoms with Crippen LogP contribution in [0.3, 0.4) is 0 Å². The molecule has 0 unspecified atom stereocenters. The van der Waals surface area contributed by atoms with Crippen LogP contribution in [-0.4, -0.2) is 58.8 Å². The Kier molecular flexibility index (Phi) is 9.44. The number of amides is 6. The van der Waals surface area contributed by atoms with Gasteiger partial charge in [0.05, 0.1) is 0 Å². The molecule has 8 heteroatoms. The first-order valence-corrected chi connectivity index (χ1v) is 14.2. The number of hydrogen-bond acceptors (Lipinski definition) is 4. The number of likely N-dealkylation sites (tertiary alicyclic amines) is 2. The van der Waals surface area contributed by atoms with Gasteiger partial charge in [0.25, 0.3) is 0 Å². The molecule has 8 nitrogen and oxygen atoms in total. The van der Waals surface area contributed by atoms with Crippen LogP contribution in [0.4, 0.5) is 9.59 Å². The van der Waals surface area contributed by atoms with Gasteiger partial charge in [-0.1, -0.05) is 12.8 Å². The van der Waals surface area contributed by atoms with Gasteiger partial charge in [0.15, 0.2) is 0 Å². The Bertz CT molecular complexity index is 694. The lowest BCUT2D eigenvalue weighted by Gasteiger charge is -2.35. The van der Waals surface area contributed by atoms with Crippen LogP contribution >= 0.6 is 0 Å². The van der Waals surface area contributed by atoms with Crippen molar-refractivity contribution in [3.63, 3.8) is 0 Å². The van der Waals surface area contributed by atoms with Crippen molar-refractivity contribution in [2.45, 2.75) is 121 Å². The Morgan fingerprint density at radius 1 is 0.600 bits per heavy atom. The SMILES string of the molecule is O=C1CCCCCN1C(=O)NC1CCC(CC2CCC(NC(=O)N3CCCCCC3=O)CC2)CC1. The summed E-state index contributed by atoms with van der Waals surface area (Å²) in [5.74, 6) is 1.35. The fourth-order valence-electron chi connectivity index (χ4n) is 6.46. The second-order valence-corrected chi connectivity index (χ2v) is 11.3. The van der Waals surface area contributed by atoms with Crippen molar-refractivity contribution >= 4 is 23.9 Å². The van der Waals surface area contributed by atoms with E-state index in [2.05, 4.69) is 10.6 Å². The molecule has 0 spiro atoms. The van der Waals surface area contributed by atoms with Gasteiger partial charge in [0.2, 0.25) is 11.8 Å². The molecule has 2 aliphatic heterocycles. The van der Waals surface area contributed by atoms with E-state index in [1.807, 2.05) is 0 Å². The first-order chi connectivity index (χ1) is 17.0. The Balaban J connectivity index is 1.13. The highest BCUT2D eigenvalue weighted by molar-refractivity contribution is 5.95. The summed E-state index contributed by atoms with van der Waals surface area (Å²) in [7, 11) is 0. The third-order valence-corrected chi connectivity index (χ3v) is 8.65. The standard InChI is InChI=1S/C27H44N4O4/c32-24-7-3-1-5-17-30(24)26(34)28-22-13-9-20(10-14-22)19-21-11-15-23(16-12-21)29-27(35)31-18-6-2-4-8-25(31)33/h20-23H,1-19H2,(H,28,34)(H,29,35). The first kappa shape index (κ1) is 26.0. The first-order valence-electron chi connectivity index (χ1n) is 14.2. The van der Waals surface area contributed by atoms with Crippen molar-refractivity contribution in [2.75, 3.05) is 13.1 Å². The van der Waals surface area contributed by atoms with Gasteiger partial charge in [-0.15, -0.1) is 0 Å². The summed E-state index contributed by atoms with van der Waals surface area (Å²) in [6.45, 7) is 1.11. The largest absolute Gasteiger partial charge is 0.335 e. The fraction of sp³-hybridized carbons (Fsp3) is 0.852. The summed E-state index contributed by atoms with van der Waals surface area (Å²) in [4.78, 5) is 52.5. The van der Waals surface area contributed by atoms with E-state index in [1.165, 1.54) is 16.2 Å². The highest BCUT2D eigenvalue weighted by atomic mass is 16.2. The van der Waals surface area contributed by atoms with Crippen molar-refractivity contribution < 1.29 is 19.2 Å². The monoisotopic (exact) mass is 488 g/mol. The van der Waals surface area contributed by atoms with E-state index in [-0.39, 0.29) is 36.0 Å². The molecule has 0 aromatic carbocycles. The van der Waals surface area contributed by atoms with Gasteiger partial charge < -0.3 is 10.6 Å². The summed E-state index contributed by atoms with van der Waals surface area (Å²) < 4.78 is 0. The van der Waals surface area contributed by atoms with E-state index in [0.29, 0.717) is 37.8 Å². The molecule has 6 amide bonds. The predicted molar refractivity (Wildman–Crippen MR) is 134 cm³/mol. The van der Waals surface area contributed by atoms with E-state index >= 15 is 0 Å². The molecule has 4 rings (SSSR count). The lowest BCUT2D eigenvalue weighted by atomic mass is 9.75. The number of urea groups is 2. The minimum Gasteiger partial charge on any atom is -0.335 e. The number of imide groups is 2. The zero-order valence-corrected chi connectivity index (χ0v) is 21.3. The Labute approximate surface area is 209 Å². The van der Waals surface area contributed by atoms with Gasteiger partial charge in [-0.05, 0) is 95.3 Å². The van der Waals surface area contributed by atoms with Gasteiger partial charge in [-0.3, -0.25) is 19.4 Å². The molecular weight excluding hydrogens is 444 g/mol. The fourth-order valence-corrected chi connectivity index (χ4v) is 6.46. The van der Waals surface area contributed by atoms with Gasteiger partial charge in [-0.2, -0.15) is 0 Å². The summed E-state index contributed by atoms with van der Waals surface area (Å²) in [5, 5.41) is 6.25. The summed E-state index contributed by atoms with van der Waals surface area (Å²) >= 11 is 0. The zero-order chi connectivity index (χ0) is 24.6. The molecule has 0 bridgehead atoms. The average molecular weight is 489 g/mol. The Hall–Kier alpha value is -2.12. The molecule has 4 aliphatic rings. The summed E-state index contributed by atoms with van der Waals surface area (Å²) in [6.07, 6.45) is 16.4. The normalized spacial score (nSPS) is 30.9. The van der Waals surface area contributed by atoms with Crippen LogP contribution in [0.1, 0.15) is 109 Å². The maximum absolute atomic E-state index is 12.6. The quantitative estimate of drug-likeness (QED) is 0.598. The molecule has 0 aromatic rings. The lowest BCUT2D eigenvalue weighted by molar-refractivity contribution is -0.128. The van der Waals surface area contributed by atoms with E-state index < -0.39 is 0 Å². The van der Waals surface area contributed by atoms with Crippen molar-refractivity contribution in [2.24, 2.45) is 11.8 Å². The Morgan fingerprint density at radius 3 is 1.40 bits per heavy atom. The molecular formula is C27H44N4O4. The van der Waals surface area contributed by atoms with Crippen LogP contribution in [0, 0.1) is 11.8 Å². The Morgan fingerprint density at radius 2 is 1.00 bits per heavy atom. The molecule has 196 valence electrons. The lowest BCUT2D eigenvalue weighted by Crippen LogP contribution is -2.48. The number of rotatable bonds is 4. The molecule has 2 saturated heterocycles. The maximum Gasteiger partial charge on any atom is 0.324 e. The van der Waals surface area contributed by atoms with Crippen molar-refractivity contribution in [1.82, 2.24) is 20.4 Å². The van der Waals surface area contributed by atoms with Gasteiger partial charge in [0, 0.05) is 38.0 Å². The minimum atomic E-state index is -0.192. The number of hydrogen-bond donors (Lipinski definition) is 2. The summed E-state index contributed by atoms with van der Waals surface area (Å²) in [5.41, 5.74) is 0. The third-order valence-electron chi connectivity index (χ3n) is 8.65. The number of nitrogens with one attached hydrogen (secondary N) is 2. The van der Waals surface area contributed by atoms with Crippen molar-refractivity contribution in [3.05, 3.63) is 0 Å². The molecule has 0 radical (unpaired) electrons. The van der Waals surface area contributed by atoms with Crippen LogP contribution in [0.2, 0.25) is 0 Å². The molecule has 0 aromatic heterocycles. The molecule has 0 atom stereocenters. The van der Waals surface area contributed by atoms with Crippen molar-refractivity contribution in [1.29, 1.82) is 0 Å². The van der Waals surface area contributed by atoms with E-state index in [0.717, 1.165) is 89.9 Å². The zero-order valence-electron chi connectivity index (χ0n) is 21.3. The van der Waals surface area contributed by atoms with Crippen molar-refractivity contribution in [3.8, 4) is 0 Å². The minimum absolute atomic E-state index is 0.0292. The molecule has 35 heavy (non-hydrogen) atoms. The maximum atomic E-state index is 12.6. The average Bonchev–Trinajstić information content (AvgIpc) is 3.21. The van der Waals surface area contributed by atoms with E-state index in [4.69, 9.17) is 0 Å². The molecule has 2 saturated carbocycles. The molecule has 2 aliphatic carbocycles. The van der Waals surface area contributed by atoms with Crippen LogP contribution in [0.5, 0.6) is 0 Å². The predicted octanol–water partition coefficient (Wildman–Crippen LogP) is 4.72. The highest BCUT2D eigenvalue weighted by Crippen LogP contribution is 2.35. The van der Waals surface area contributed by atoms with Crippen LogP contribution in [0.25, 0.3) is 0 Å². The second-order valence-electron chi connectivity index (χ2n) is 11.3. The van der Waals surface area contributed by atoms with Gasteiger partial charge >= 0.3 is 12.1 Å². The topological polar surface area (TPSA) is 98.8 Å². The molecule has 4 fully saturated rings. The third kappa shape index (κ3) is 7.43. The van der Waals surface area contributed by atoms with E-state index in [9.17, 15) is 19.2 Å². The number of carbonyl (C=O) groups excluding carboxylic acids is 4. The number of carbonyl (C=O) groups is 4. The smallest absolute Gasteiger partial charge is 0.324 e. The van der Waals surface area contributed by atoms with Crippen LogP contribution in [0.15, 0.2) is 0 Å².